The number of hydrogen-bond acceptors (Lipinski definition) is 11. The lowest BCUT2D eigenvalue weighted by Crippen LogP contribution is -2.67. The Morgan fingerprint density at radius 1 is 0.830 bits per heavy atom. The molecule has 2 saturated heterocycles. The first-order chi connectivity index (χ1) is 24.7. The van der Waals surface area contributed by atoms with Crippen molar-refractivity contribution in [1.29, 1.82) is 0 Å². The maximum Gasteiger partial charge on any atom is 0.310 e. The third-order valence-electron chi connectivity index (χ3n) is 17.0. The van der Waals surface area contributed by atoms with Crippen molar-refractivity contribution in [3.63, 3.8) is 0 Å². The van der Waals surface area contributed by atoms with Crippen molar-refractivity contribution >= 4 is 5.97 Å². The molecule has 6 fully saturated rings. The molecular formula is C41H66O12. The predicted molar refractivity (Wildman–Crippen MR) is 192 cm³/mol. The molecule has 12 nitrogen and oxygen atoms in total. The molecule has 0 bridgehead atoms. The molecule has 0 aromatic carbocycles. The van der Waals surface area contributed by atoms with Crippen molar-refractivity contribution in [3.8, 4) is 0 Å². The van der Waals surface area contributed by atoms with E-state index < -0.39 is 78.2 Å². The molecule has 302 valence electrons. The van der Waals surface area contributed by atoms with E-state index in [0.717, 1.165) is 51.4 Å². The van der Waals surface area contributed by atoms with E-state index in [1.54, 1.807) is 0 Å². The molecule has 0 radical (unpaired) electrons. The highest BCUT2D eigenvalue weighted by atomic mass is 16.8. The molecule has 0 spiro atoms. The summed E-state index contributed by atoms with van der Waals surface area (Å²) < 4.78 is 24.3. The van der Waals surface area contributed by atoms with E-state index >= 15 is 0 Å². The Balaban J connectivity index is 1.15. The zero-order chi connectivity index (χ0) is 38.7. The lowest BCUT2D eigenvalue weighted by Gasteiger charge is -2.71. The van der Waals surface area contributed by atoms with E-state index in [4.69, 9.17) is 18.9 Å². The van der Waals surface area contributed by atoms with E-state index in [1.165, 1.54) is 12.5 Å². The molecule has 7 rings (SSSR count). The molecule has 7 N–H and O–H groups in total. The largest absolute Gasteiger partial charge is 0.481 e. The number of ether oxygens (including phenoxy) is 4. The van der Waals surface area contributed by atoms with Crippen molar-refractivity contribution < 1.29 is 59.5 Å². The van der Waals surface area contributed by atoms with Crippen LogP contribution in [-0.4, -0.2) is 116 Å². The number of fused-ring (bicyclic) bond motifs is 7. The van der Waals surface area contributed by atoms with E-state index in [9.17, 15) is 40.5 Å². The predicted octanol–water partition coefficient (Wildman–Crippen LogP) is 3.52. The summed E-state index contributed by atoms with van der Waals surface area (Å²) in [6, 6.07) is 0. The quantitative estimate of drug-likeness (QED) is 0.155. The zero-order valence-electron chi connectivity index (χ0n) is 32.7. The summed E-state index contributed by atoms with van der Waals surface area (Å²) in [6.07, 6.45) is -1.79. The fraction of sp³-hybridized carbons (Fsp3) is 0.927. The van der Waals surface area contributed by atoms with Crippen LogP contribution in [0.25, 0.3) is 0 Å². The van der Waals surface area contributed by atoms with Gasteiger partial charge in [0, 0.05) is 5.41 Å². The van der Waals surface area contributed by atoms with Crippen LogP contribution in [0.2, 0.25) is 0 Å². The average Bonchev–Trinajstić information content (AvgIpc) is 3.10. The number of rotatable bonds is 6. The van der Waals surface area contributed by atoms with Gasteiger partial charge in [-0.25, -0.2) is 0 Å². The standard InChI is InChI=1S/C41H66O12/c1-21-28(44)30(46)31(47)33(51-21)53-32-29(45)24(43)19-50-34(32)52-27-11-12-37(4)25(38(27,5)20-42)10-13-40(7)26(37)9-8-22-23-18-36(2,3)14-16-41(23,35(48)49)17-15-39(22,40)6/h8,21,23-34,42-47H,9-20H2,1-7H3,(H,48,49)/t21-,23-,24+,25+,26+,27-,28-,29+,30-,31+,32-,33-,34+,37-,38-,39+,40+,41-/m0/s1. The van der Waals surface area contributed by atoms with E-state index in [0.29, 0.717) is 18.8 Å². The molecule has 7 aliphatic rings. The van der Waals surface area contributed by atoms with Gasteiger partial charge >= 0.3 is 5.97 Å². The number of carboxylic acid groups (broad SMARTS) is 1. The van der Waals surface area contributed by atoms with Gasteiger partial charge in [0.1, 0.15) is 36.6 Å². The molecule has 53 heavy (non-hydrogen) atoms. The van der Waals surface area contributed by atoms with Gasteiger partial charge in [0.2, 0.25) is 0 Å². The zero-order valence-corrected chi connectivity index (χ0v) is 32.7. The van der Waals surface area contributed by atoms with Crippen molar-refractivity contribution in [1.82, 2.24) is 0 Å². The second-order valence-corrected chi connectivity index (χ2v) is 20.0. The maximum absolute atomic E-state index is 13.0. The van der Waals surface area contributed by atoms with E-state index in [1.807, 2.05) is 0 Å². The second kappa shape index (κ2) is 13.5. The van der Waals surface area contributed by atoms with Gasteiger partial charge in [-0.3, -0.25) is 4.79 Å². The van der Waals surface area contributed by atoms with Crippen LogP contribution in [0.3, 0.4) is 0 Å². The van der Waals surface area contributed by atoms with Crippen LogP contribution in [0.4, 0.5) is 0 Å². The van der Waals surface area contributed by atoms with Crippen molar-refractivity contribution in [2.24, 2.45) is 50.2 Å². The molecule has 0 unspecified atom stereocenters. The lowest BCUT2D eigenvalue weighted by atomic mass is 9.33. The molecule has 2 heterocycles. The third-order valence-corrected chi connectivity index (χ3v) is 17.0. The Morgan fingerprint density at radius 2 is 1.53 bits per heavy atom. The number of allylic oxidation sites excluding steroid dienone is 2. The van der Waals surface area contributed by atoms with Gasteiger partial charge in [-0.1, -0.05) is 53.2 Å². The normalized spacial score (nSPS) is 55.1. The first kappa shape index (κ1) is 40.0. The number of aliphatic carboxylic acids is 1. The summed E-state index contributed by atoms with van der Waals surface area (Å²) in [6.45, 7) is 15.1. The number of carboxylic acids is 1. The smallest absolute Gasteiger partial charge is 0.310 e. The Hall–Kier alpha value is -1.19. The molecule has 12 heteroatoms. The molecule has 0 amide bonds. The first-order valence-corrected chi connectivity index (χ1v) is 20.2. The van der Waals surface area contributed by atoms with Gasteiger partial charge in [0.15, 0.2) is 12.6 Å². The number of carbonyl (C=O) groups is 1. The van der Waals surface area contributed by atoms with Gasteiger partial charge in [-0.15, -0.1) is 0 Å². The summed E-state index contributed by atoms with van der Waals surface area (Å²) in [4.78, 5) is 13.0. The fourth-order valence-electron chi connectivity index (χ4n) is 13.3. The Labute approximate surface area is 314 Å². The van der Waals surface area contributed by atoms with E-state index in [-0.39, 0.29) is 46.7 Å². The third kappa shape index (κ3) is 5.85. The van der Waals surface area contributed by atoms with Crippen molar-refractivity contribution in [2.45, 2.75) is 174 Å². The summed E-state index contributed by atoms with van der Waals surface area (Å²) in [5.41, 5.74) is -0.239. The Bertz CT molecular complexity index is 1440. The maximum atomic E-state index is 13.0. The van der Waals surface area contributed by atoms with Gasteiger partial charge in [-0.05, 0) is 111 Å². The summed E-state index contributed by atoms with van der Waals surface area (Å²) in [5.74, 6) is -0.194. The van der Waals surface area contributed by atoms with Crippen LogP contribution >= 0.6 is 0 Å². The molecule has 18 atom stereocenters. The van der Waals surface area contributed by atoms with Crippen molar-refractivity contribution in [3.05, 3.63) is 11.6 Å². The summed E-state index contributed by atoms with van der Waals surface area (Å²) in [5, 5.41) is 74.9. The molecular weight excluding hydrogens is 684 g/mol. The molecule has 4 saturated carbocycles. The van der Waals surface area contributed by atoms with Crippen LogP contribution in [0.5, 0.6) is 0 Å². The van der Waals surface area contributed by atoms with Crippen LogP contribution in [0.15, 0.2) is 11.6 Å². The highest BCUT2D eigenvalue weighted by Crippen LogP contribution is 2.76. The second-order valence-electron chi connectivity index (χ2n) is 20.0. The van der Waals surface area contributed by atoms with Gasteiger partial charge in [0.05, 0.1) is 30.8 Å². The Morgan fingerprint density at radius 3 is 2.21 bits per heavy atom. The summed E-state index contributed by atoms with van der Waals surface area (Å²) >= 11 is 0. The highest BCUT2D eigenvalue weighted by molar-refractivity contribution is 5.76. The summed E-state index contributed by atoms with van der Waals surface area (Å²) in [7, 11) is 0. The lowest BCUT2D eigenvalue weighted by molar-refractivity contribution is -0.365. The van der Waals surface area contributed by atoms with Crippen LogP contribution in [0, 0.1) is 50.2 Å². The van der Waals surface area contributed by atoms with Gasteiger partial charge < -0.3 is 54.7 Å². The average molecular weight is 751 g/mol. The SMILES string of the molecule is C[C@@H]1O[C@@H](O[C@@H]2[C@@H](O[C@H]3CC[C@@]4(C)[C@@H](CC[C@]5(C)[C@@H]4CC=C4[C@@H]6CC(C)(C)CC[C@]6(C(=O)O)CC[C@]45C)[C@]3(C)CO)OC[C@@H](O)[C@H]2O)[C@H](O)[C@@H](O)[C@H]1O. The monoisotopic (exact) mass is 750 g/mol. The minimum atomic E-state index is -1.62. The fourth-order valence-corrected chi connectivity index (χ4v) is 13.3. The van der Waals surface area contributed by atoms with E-state index in [2.05, 4.69) is 47.6 Å². The number of hydrogen-bond donors (Lipinski definition) is 7. The van der Waals surface area contributed by atoms with Crippen LogP contribution < -0.4 is 0 Å². The highest BCUT2D eigenvalue weighted by Gasteiger charge is 2.70. The molecule has 0 aromatic rings. The minimum absolute atomic E-state index is 0.0360. The number of aliphatic hydroxyl groups is 6. The minimum Gasteiger partial charge on any atom is -0.481 e. The topological polar surface area (TPSA) is 196 Å². The molecule has 2 aliphatic heterocycles. The Kier molecular flexibility index (Phi) is 10.2. The first-order valence-electron chi connectivity index (χ1n) is 20.2. The van der Waals surface area contributed by atoms with Crippen molar-refractivity contribution in [2.75, 3.05) is 13.2 Å². The van der Waals surface area contributed by atoms with Gasteiger partial charge in [-0.2, -0.15) is 0 Å². The molecule has 0 aromatic heterocycles. The van der Waals surface area contributed by atoms with Crippen LogP contribution in [-0.2, 0) is 23.7 Å². The number of aliphatic hydroxyl groups excluding tert-OH is 6. The molecule has 5 aliphatic carbocycles. The van der Waals surface area contributed by atoms with Crippen LogP contribution in [0.1, 0.15) is 113 Å². The van der Waals surface area contributed by atoms with Gasteiger partial charge in [0.25, 0.3) is 0 Å².